The third kappa shape index (κ3) is 2.52. The van der Waals surface area contributed by atoms with E-state index in [1.807, 2.05) is 6.92 Å². The molecule has 0 saturated carbocycles. The number of aliphatic hydroxyl groups is 1. The van der Waals surface area contributed by atoms with Crippen molar-refractivity contribution < 1.29 is 5.11 Å². The summed E-state index contributed by atoms with van der Waals surface area (Å²) in [4.78, 5) is 22.3. The van der Waals surface area contributed by atoms with Crippen LogP contribution in [0.15, 0.2) is 17.2 Å². The number of aromatic amines is 1. The number of piperidine rings is 1. The summed E-state index contributed by atoms with van der Waals surface area (Å²) in [7, 11) is 0. The molecule has 1 fully saturated rings. The predicted octanol–water partition coefficient (Wildman–Crippen LogP) is -0.236. The van der Waals surface area contributed by atoms with E-state index in [1.165, 1.54) is 16.9 Å². The van der Waals surface area contributed by atoms with Crippen LogP contribution in [0.25, 0.3) is 5.78 Å². The van der Waals surface area contributed by atoms with Gasteiger partial charge in [-0.3, -0.25) is 14.8 Å². The summed E-state index contributed by atoms with van der Waals surface area (Å²) < 4.78 is 1.31. The Balaban J connectivity index is 1.77. The number of nitrogens with one attached hydrogen (secondary N) is 1. The van der Waals surface area contributed by atoms with Crippen LogP contribution in [-0.4, -0.2) is 48.3 Å². The zero-order valence-corrected chi connectivity index (χ0v) is 10.8. The summed E-state index contributed by atoms with van der Waals surface area (Å²) in [5, 5.41) is 12.6. The molecule has 0 unspecified atom stereocenters. The van der Waals surface area contributed by atoms with E-state index in [2.05, 4.69) is 20.0 Å². The Morgan fingerprint density at radius 2 is 2.21 bits per heavy atom. The molecule has 2 N–H and O–H groups in total. The van der Waals surface area contributed by atoms with Crippen LogP contribution in [0.1, 0.15) is 25.5 Å². The molecule has 0 amide bonds. The van der Waals surface area contributed by atoms with Crippen molar-refractivity contribution in [2.75, 3.05) is 13.1 Å². The van der Waals surface area contributed by atoms with Crippen molar-refractivity contribution in [3.63, 3.8) is 0 Å². The topological polar surface area (TPSA) is 86.5 Å². The van der Waals surface area contributed by atoms with Gasteiger partial charge < -0.3 is 5.11 Å². The normalized spacial score (nSPS) is 19.9. The molecule has 0 atom stereocenters. The highest BCUT2D eigenvalue weighted by molar-refractivity contribution is 5.25. The molecule has 0 bridgehead atoms. The molecule has 2 aromatic rings. The van der Waals surface area contributed by atoms with Crippen molar-refractivity contribution >= 4 is 5.78 Å². The van der Waals surface area contributed by atoms with Crippen molar-refractivity contribution in [1.29, 1.82) is 0 Å². The van der Waals surface area contributed by atoms with Gasteiger partial charge in [-0.2, -0.15) is 4.52 Å². The molecule has 3 heterocycles. The lowest BCUT2D eigenvalue weighted by molar-refractivity contribution is -0.00757. The molecule has 19 heavy (non-hydrogen) atoms. The van der Waals surface area contributed by atoms with E-state index >= 15 is 0 Å². The van der Waals surface area contributed by atoms with Gasteiger partial charge in [0, 0.05) is 25.7 Å². The molecule has 0 spiro atoms. The van der Waals surface area contributed by atoms with E-state index < -0.39 is 5.60 Å². The monoisotopic (exact) mass is 263 g/mol. The Morgan fingerprint density at radius 3 is 2.95 bits per heavy atom. The van der Waals surface area contributed by atoms with E-state index in [1.54, 1.807) is 0 Å². The Hall–Kier alpha value is -1.73. The van der Waals surface area contributed by atoms with Crippen LogP contribution in [0.3, 0.4) is 0 Å². The summed E-state index contributed by atoms with van der Waals surface area (Å²) in [6, 6.07) is 1.53. The average molecular weight is 263 g/mol. The van der Waals surface area contributed by atoms with E-state index in [-0.39, 0.29) is 5.56 Å². The molecule has 0 aromatic carbocycles. The van der Waals surface area contributed by atoms with E-state index in [0.717, 1.165) is 31.6 Å². The fraction of sp³-hybridized carbons (Fsp3) is 0.583. The fourth-order valence-corrected chi connectivity index (χ4v) is 2.37. The van der Waals surface area contributed by atoms with Crippen molar-refractivity contribution in [1.82, 2.24) is 24.5 Å². The van der Waals surface area contributed by atoms with Crippen molar-refractivity contribution in [3.8, 4) is 0 Å². The minimum Gasteiger partial charge on any atom is -0.390 e. The van der Waals surface area contributed by atoms with Crippen LogP contribution >= 0.6 is 0 Å². The Morgan fingerprint density at radius 1 is 1.47 bits per heavy atom. The van der Waals surface area contributed by atoms with Crippen LogP contribution in [0.5, 0.6) is 0 Å². The number of rotatable bonds is 2. The second-order valence-corrected chi connectivity index (χ2v) is 5.38. The third-order valence-corrected chi connectivity index (χ3v) is 3.64. The average Bonchev–Trinajstić information content (AvgIpc) is 2.81. The highest BCUT2D eigenvalue weighted by Gasteiger charge is 2.27. The Bertz CT molecular complexity index is 635. The first-order valence-corrected chi connectivity index (χ1v) is 6.40. The summed E-state index contributed by atoms with van der Waals surface area (Å²) in [6.07, 6.45) is 2.94. The van der Waals surface area contributed by atoms with Gasteiger partial charge >= 0.3 is 0 Å². The molecule has 102 valence electrons. The molecule has 7 nitrogen and oxygen atoms in total. The zero-order valence-electron chi connectivity index (χ0n) is 10.8. The number of hydrogen-bond donors (Lipinski definition) is 2. The molecule has 1 aliphatic rings. The molecule has 0 aliphatic carbocycles. The van der Waals surface area contributed by atoms with Gasteiger partial charge in [0.05, 0.1) is 11.3 Å². The second-order valence-electron chi connectivity index (χ2n) is 5.38. The zero-order chi connectivity index (χ0) is 13.5. The van der Waals surface area contributed by atoms with Gasteiger partial charge in [-0.15, -0.1) is 0 Å². The lowest BCUT2D eigenvalue weighted by atomic mass is 9.94. The maximum absolute atomic E-state index is 11.8. The maximum atomic E-state index is 11.8. The third-order valence-electron chi connectivity index (χ3n) is 3.64. The van der Waals surface area contributed by atoms with E-state index in [9.17, 15) is 9.90 Å². The van der Waals surface area contributed by atoms with Crippen molar-refractivity contribution in [2.45, 2.75) is 31.9 Å². The number of aromatic nitrogens is 4. The lowest BCUT2D eigenvalue weighted by Crippen LogP contribution is -2.42. The quantitative estimate of drug-likeness (QED) is 0.781. The fourth-order valence-electron chi connectivity index (χ4n) is 2.37. The van der Waals surface area contributed by atoms with Crippen LogP contribution in [0.4, 0.5) is 0 Å². The first-order valence-electron chi connectivity index (χ1n) is 6.40. The molecule has 7 heteroatoms. The summed E-state index contributed by atoms with van der Waals surface area (Å²) in [5.41, 5.74) is 0.00968. The molecule has 0 radical (unpaired) electrons. The van der Waals surface area contributed by atoms with Gasteiger partial charge in [0.2, 0.25) is 0 Å². The molecular formula is C12H17N5O2. The predicted molar refractivity (Wildman–Crippen MR) is 68.7 cm³/mol. The van der Waals surface area contributed by atoms with Crippen LogP contribution < -0.4 is 5.56 Å². The molecule has 3 rings (SSSR count). The molecular weight excluding hydrogens is 246 g/mol. The van der Waals surface area contributed by atoms with Crippen LogP contribution in [0.2, 0.25) is 0 Å². The van der Waals surface area contributed by atoms with Gasteiger partial charge in [-0.05, 0) is 19.8 Å². The first kappa shape index (κ1) is 12.3. The second kappa shape index (κ2) is 4.43. The summed E-state index contributed by atoms with van der Waals surface area (Å²) in [5.74, 6) is 0.395. The van der Waals surface area contributed by atoms with Gasteiger partial charge in [0.15, 0.2) is 0 Å². The highest BCUT2D eigenvalue weighted by atomic mass is 16.3. The highest BCUT2D eigenvalue weighted by Crippen LogP contribution is 2.21. The number of H-pyrrole nitrogens is 1. The number of nitrogens with zero attached hydrogens (tertiary/aromatic N) is 4. The Labute approximate surface area is 109 Å². The molecule has 1 aliphatic heterocycles. The first-order chi connectivity index (χ1) is 9.03. The van der Waals surface area contributed by atoms with Crippen LogP contribution in [-0.2, 0) is 6.54 Å². The minimum atomic E-state index is -0.560. The summed E-state index contributed by atoms with van der Waals surface area (Å²) in [6.45, 7) is 4.11. The van der Waals surface area contributed by atoms with Crippen molar-refractivity contribution in [3.05, 3.63) is 28.4 Å². The Kier molecular flexibility index (Phi) is 2.87. The number of hydrogen-bond acceptors (Lipinski definition) is 5. The minimum absolute atomic E-state index is 0.151. The number of likely N-dealkylation sites (tertiary alicyclic amines) is 1. The molecule has 2 aromatic heterocycles. The maximum Gasteiger partial charge on any atom is 0.274 e. The largest absolute Gasteiger partial charge is 0.390 e. The van der Waals surface area contributed by atoms with Gasteiger partial charge in [-0.1, -0.05) is 0 Å². The van der Waals surface area contributed by atoms with Gasteiger partial charge in [0.25, 0.3) is 11.3 Å². The van der Waals surface area contributed by atoms with E-state index in [4.69, 9.17) is 0 Å². The molecule has 1 saturated heterocycles. The van der Waals surface area contributed by atoms with Crippen LogP contribution in [0, 0.1) is 0 Å². The summed E-state index contributed by atoms with van der Waals surface area (Å²) >= 11 is 0. The smallest absolute Gasteiger partial charge is 0.274 e. The number of fused-ring (bicyclic) bond motifs is 1. The van der Waals surface area contributed by atoms with E-state index in [0.29, 0.717) is 12.3 Å². The standard InChI is InChI=1S/C12H17N5O2/c1-12(19)2-4-16(5-3-12)7-9-6-10(18)17-11(15-9)13-8-14-17/h6,8,19H,2-5,7H2,1H3,(H,13,14,15). The van der Waals surface area contributed by atoms with Crippen molar-refractivity contribution in [2.24, 2.45) is 0 Å². The lowest BCUT2D eigenvalue weighted by Gasteiger charge is -2.35. The van der Waals surface area contributed by atoms with Gasteiger partial charge in [0.1, 0.15) is 6.33 Å². The van der Waals surface area contributed by atoms with Gasteiger partial charge in [-0.25, -0.2) is 9.97 Å². The SMILES string of the molecule is CC1(O)CCN(Cc2cc(=O)n3[nH]cnc3n2)CC1.